The second-order valence-electron chi connectivity index (χ2n) is 5.10. The van der Waals surface area contributed by atoms with Gasteiger partial charge in [-0.05, 0) is 13.1 Å². The molecule has 110 valence electrons. The van der Waals surface area contributed by atoms with Gasteiger partial charge in [-0.15, -0.1) is 0 Å². The van der Waals surface area contributed by atoms with Crippen molar-refractivity contribution in [3.63, 3.8) is 0 Å². The molecule has 7 nitrogen and oxygen atoms in total. The van der Waals surface area contributed by atoms with Crippen LogP contribution in [0.15, 0.2) is 12.3 Å². The van der Waals surface area contributed by atoms with E-state index in [1.807, 2.05) is 0 Å². The predicted molar refractivity (Wildman–Crippen MR) is 79.6 cm³/mol. The molecule has 0 spiro atoms. The number of nitrogens with one attached hydrogen (secondary N) is 1. The van der Waals surface area contributed by atoms with Gasteiger partial charge in [-0.3, -0.25) is 9.69 Å². The summed E-state index contributed by atoms with van der Waals surface area (Å²) in [5, 5.41) is 3.16. The Labute approximate surface area is 118 Å². The lowest BCUT2D eigenvalue weighted by molar-refractivity contribution is 0.100. The number of nitrogen functional groups attached to an aromatic ring is 1. The fourth-order valence-electron chi connectivity index (χ4n) is 2.21. The first-order chi connectivity index (χ1) is 9.56. The van der Waals surface area contributed by atoms with Crippen molar-refractivity contribution in [1.29, 1.82) is 0 Å². The number of anilines is 2. The summed E-state index contributed by atoms with van der Waals surface area (Å²) in [6.45, 7) is 5.95. The predicted octanol–water partition coefficient (Wildman–Crippen LogP) is -0.578. The molecule has 1 aliphatic heterocycles. The molecule has 0 aromatic carbocycles. The van der Waals surface area contributed by atoms with E-state index < -0.39 is 5.91 Å². The van der Waals surface area contributed by atoms with Crippen LogP contribution in [-0.2, 0) is 0 Å². The topological polar surface area (TPSA) is 101 Å². The van der Waals surface area contributed by atoms with Crippen molar-refractivity contribution < 1.29 is 4.79 Å². The zero-order chi connectivity index (χ0) is 14.5. The minimum atomic E-state index is -0.521. The van der Waals surface area contributed by atoms with Crippen LogP contribution in [0, 0.1) is 0 Å². The molecule has 20 heavy (non-hydrogen) atoms. The Balaban J connectivity index is 1.86. The zero-order valence-corrected chi connectivity index (χ0v) is 11.8. The van der Waals surface area contributed by atoms with Crippen LogP contribution < -0.4 is 16.8 Å². The van der Waals surface area contributed by atoms with Gasteiger partial charge in [0, 0.05) is 39.3 Å². The van der Waals surface area contributed by atoms with Crippen LogP contribution in [0.25, 0.3) is 0 Å². The average molecular weight is 278 g/mol. The quantitative estimate of drug-likeness (QED) is 0.666. The van der Waals surface area contributed by atoms with Crippen LogP contribution in [0.3, 0.4) is 0 Å². The van der Waals surface area contributed by atoms with Gasteiger partial charge in [0.2, 0.25) is 0 Å². The Bertz CT molecular complexity index is 470. The van der Waals surface area contributed by atoms with Crippen LogP contribution in [0.5, 0.6) is 0 Å². The minimum absolute atomic E-state index is 0.336. The number of amides is 1. The molecule has 1 aliphatic rings. The molecule has 0 atom stereocenters. The van der Waals surface area contributed by atoms with Gasteiger partial charge in [0.15, 0.2) is 0 Å². The summed E-state index contributed by atoms with van der Waals surface area (Å²) in [6.07, 6.45) is 1.52. The number of nitrogens with two attached hydrogens (primary N) is 2. The molecule has 1 saturated heterocycles. The smallest absolute Gasteiger partial charge is 0.252 e. The van der Waals surface area contributed by atoms with Crippen LogP contribution in [0.1, 0.15) is 10.4 Å². The molecule has 1 aromatic heterocycles. The lowest BCUT2D eigenvalue weighted by Gasteiger charge is -2.32. The molecule has 0 aliphatic carbocycles. The van der Waals surface area contributed by atoms with Gasteiger partial charge in [0.1, 0.15) is 5.82 Å². The highest BCUT2D eigenvalue weighted by molar-refractivity contribution is 5.98. The lowest BCUT2D eigenvalue weighted by Crippen LogP contribution is -2.45. The Hall–Kier alpha value is -1.86. The summed E-state index contributed by atoms with van der Waals surface area (Å²) in [5.41, 5.74) is 11.7. The highest BCUT2D eigenvalue weighted by Crippen LogP contribution is 2.14. The van der Waals surface area contributed by atoms with Crippen molar-refractivity contribution in [3.05, 3.63) is 17.8 Å². The Morgan fingerprint density at radius 1 is 1.40 bits per heavy atom. The molecule has 7 heteroatoms. The van der Waals surface area contributed by atoms with Gasteiger partial charge in [0.25, 0.3) is 5.91 Å². The number of hydrogen-bond acceptors (Lipinski definition) is 6. The van der Waals surface area contributed by atoms with E-state index in [1.54, 1.807) is 6.07 Å². The number of rotatable bonds is 5. The third-order valence-electron chi connectivity index (χ3n) is 3.49. The van der Waals surface area contributed by atoms with Crippen molar-refractivity contribution in [2.75, 3.05) is 57.4 Å². The van der Waals surface area contributed by atoms with E-state index in [0.717, 1.165) is 39.3 Å². The number of piperazine rings is 1. The van der Waals surface area contributed by atoms with Gasteiger partial charge in [-0.25, -0.2) is 4.98 Å². The molecule has 1 amide bonds. The van der Waals surface area contributed by atoms with Crippen LogP contribution in [0.4, 0.5) is 11.5 Å². The number of carbonyl (C=O) groups excluding carboxylic acids is 1. The van der Waals surface area contributed by atoms with Crippen molar-refractivity contribution >= 4 is 17.4 Å². The Morgan fingerprint density at radius 2 is 2.10 bits per heavy atom. The summed E-state index contributed by atoms with van der Waals surface area (Å²) in [4.78, 5) is 20.2. The van der Waals surface area contributed by atoms with E-state index in [2.05, 4.69) is 27.1 Å². The number of primary amides is 1. The van der Waals surface area contributed by atoms with Crippen molar-refractivity contribution in [3.8, 4) is 0 Å². The number of likely N-dealkylation sites (N-methyl/N-ethyl adjacent to an activating group) is 1. The van der Waals surface area contributed by atoms with E-state index >= 15 is 0 Å². The Morgan fingerprint density at radius 3 is 2.75 bits per heavy atom. The highest BCUT2D eigenvalue weighted by Gasteiger charge is 2.14. The number of carbonyl (C=O) groups is 1. The van der Waals surface area contributed by atoms with Crippen LogP contribution in [-0.4, -0.2) is 67.0 Å². The molecule has 0 bridgehead atoms. The maximum Gasteiger partial charge on any atom is 0.252 e. The molecule has 2 rings (SSSR count). The van der Waals surface area contributed by atoms with E-state index in [0.29, 0.717) is 17.1 Å². The first-order valence-corrected chi connectivity index (χ1v) is 6.76. The van der Waals surface area contributed by atoms with Gasteiger partial charge >= 0.3 is 0 Å². The SMILES string of the molecule is CN1CCN(CCNc2ncc(N)cc2C(N)=O)CC1. The summed E-state index contributed by atoms with van der Waals surface area (Å²) in [7, 11) is 2.13. The standard InChI is InChI=1S/C13H22N6O/c1-18-4-6-19(7-5-18)3-2-16-13-11(12(15)20)8-10(14)9-17-13/h8-9H,2-7,14H2,1H3,(H2,15,20)(H,16,17). The zero-order valence-electron chi connectivity index (χ0n) is 11.8. The summed E-state index contributed by atoms with van der Waals surface area (Å²) >= 11 is 0. The van der Waals surface area contributed by atoms with Crippen LogP contribution >= 0.6 is 0 Å². The van der Waals surface area contributed by atoms with Gasteiger partial charge < -0.3 is 21.7 Å². The second kappa shape index (κ2) is 6.53. The fraction of sp³-hybridized carbons (Fsp3) is 0.538. The third-order valence-corrected chi connectivity index (χ3v) is 3.49. The van der Waals surface area contributed by atoms with E-state index in [9.17, 15) is 4.79 Å². The molecule has 1 aromatic rings. The first-order valence-electron chi connectivity index (χ1n) is 6.76. The van der Waals surface area contributed by atoms with Gasteiger partial charge in [-0.1, -0.05) is 0 Å². The molecular formula is C13H22N6O. The summed E-state index contributed by atoms with van der Waals surface area (Å²) in [6, 6.07) is 1.55. The molecule has 2 heterocycles. The van der Waals surface area contributed by atoms with Crippen molar-refractivity contribution in [2.24, 2.45) is 5.73 Å². The monoisotopic (exact) mass is 278 g/mol. The summed E-state index contributed by atoms with van der Waals surface area (Å²) < 4.78 is 0. The molecule has 1 fully saturated rings. The van der Waals surface area contributed by atoms with Crippen molar-refractivity contribution in [2.45, 2.75) is 0 Å². The summed E-state index contributed by atoms with van der Waals surface area (Å²) in [5.74, 6) is -0.0206. The van der Waals surface area contributed by atoms with Crippen molar-refractivity contribution in [1.82, 2.24) is 14.8 Å². The fourth-order valence-corrected chi connectivity index (χ4v) is 2.21. The number of hydrogen-bond donors (Lipinski definition) is 3. The van der Waals surface area contributed by atoms with E-state index in [1.165, 1.54) is 6.20 Å². The highest BCUT2D eigenvalue weighted by atomic mass is 16.1. The average Bonchev–Trinajstić information content (AvgIpc) is 2.42. The molecule has 5 N–H and O–H groups in total. The lowest BCUT2D eigenvalue weighted by atomic mass is 10.2. The maximum atomic E-state index is 11.3. The molecule has 0 unspecified atom stereocenters. The molecule has 0 radical (unpaired) electrons. The number of pyridine rings is 1. The minimum Gasteiger partial charge on any atom is -0.397 e. The first kappa shape index (κ1) is 14.5. The third kappa shape index (κ3) is 3.82. The molecule has 0 saturated carbocycles. The Kier molecular flexibility index (Phi) is 4.75. The second-order valence-corrected chi connectivity index (χ2v) is 5.10. The number of aromatic nitrogens is 1. The van der Waals surface area contributed by atoms with Gasteiger partial charge in [0.05, 0.1) is 17.4 Å². The van der Waals surface area contributed by atoms with Crippen LogP contribution in [0.2, 0.25) is 0 Å². The van der Waals surface area contributed by atoms with E-state index in [4.69, 9.17) is 11.5 Å². The van der Waals surface area contributed by atoms with Gasteiger partial charge in [-0.2, -0.15) is 0 Å². The normalized spacial score (nSPS) is 17.1. The molecular weight excluding hydrogens is 256 g/mol. The number of nitrogens with zero attached hydrogens (tertiary/aromatic N) is 3. The maximum absolute atomic E-state index is 11.3. The van der Waals surface area contributed by atoms with E-state index in [-0.39, 0.29) is 0 Å². The largest absolute Gasteiger partial charge is 0.397 e.